The van der Waals surface area contributed by atoms with Gasteiger partial charge in [-0.15, -0.1) is 0 Å². The van der Waals surface area contributed by atoms with Crippen LogP contribution >= 0.6 is 0 Å². The van der Waals surface area contributed by atoms with Crippen LogP contribution in [0.2, 0.25) is 0 Å². The van der Waals surface area contributed by atoms with Gasteiger partial charge in [-0.05, 0) is 68.0 Å². The van der Waals surface area contributed by atoms with Crippen LogP contribution in [0.3, 0.4) is 0 Å². The van der Waals surface area contributed by atoms with Crippen LogP contribution in [0.15, 0.2) is 48.7 Å². The van der Waals surface area contributed by atoms with Crippen molar-refractivity contribution in [3.05, 3.63) is 76.5 Å². The third-order valence-corrected chi connectivity index (χ3v) is 7.93. The molecule has 1 aromatic heterocycles. The van der Waals surface area contributed by atoms with E-state index >= 15 is 0 Å². The highest BCUT2D eigenvalue weighted by Gasteiger charge is 2.38. The number of pyridine rings is 1. The highest BCUT2D eigenvalue weighted by Crippen LogP contribution is 2.42. The molecule has 3 heterocycles. The molecule has 0 bridgehead atoms. The minimum Gasteiger partial charge on any atom is -0.493 e. The summed E-state index contributed by atoms with van der Waals surface area (Å²) < 4.78 is 11.8. The number of amides is 4. The molecule has 1 unspecified atom stereocenters. The molecule has 0 radical (unpaired) electrons. The molecule has 10 nitrogen and oxygen atoms in total. The van der Waals surface area contributed by atoms with Crippen molar-refractivity contribution in [1.82, 2.24) is 9.88 Å². The number of ether oxygens (including phenoxy) is 2. The molecule has 3 aliphatic rings. The van der Waals surface area contributed by atoms with E-state index in [-0.39, 0.29) is 47.4 Å². The standard InChI is InChI=1S/C31H30N4O6/c1-17-22-10-8-19(16-34-29(37)24-14-28(33-18(2)36)32-15-25(24)30(34)38)12-23(22)31(39)35(17)20-9-11-26(40-3)27(13-20)41-21-6-4-5-7-21/h8-15,17,21H,4-7,16H2,1-3H3,(H,32,33,36). The Morgan fingerprint density at radius 3 is 2.44 bits per heavy atom. The minimum absolute atomic E-state index is 0.00132. The van der Waals surface area contributed by atoms with Gasteiger partial charge in [0.25, 0.3) is 17.7 Å². The normalized spacial score (nSPS) is 18.1. The number of rotatable bonds is 7. The molecule has 2 aliphatic heterocycles. The van der Waals surface area contributed by atoms with Gasteiger partial charge in [-0.3, -0.25) is 24.1 Å². The van der Waals surface area contributed by atoms with Gasteiger partial charge < -0.3 is 19.7 Å². The van der Waals surface area contributed by atoms with Gasteiger partial charge in [0, 0.05) is 30.4 Å². The van der Waals surface area contributed by atoms with Crippen LogP contribution in [0.1, 0.15) is 87.8 Å². The molecular formula is C31H30N4O6. The Balaban J connectivity index is 1.24. The second-order valence-electron chi connectivity index (χ2n) is 10.6. The zero-order valence-corrected chi connectivity index (χ0v) is 23.1. The van der Waals surface area contributed by atoms with Crippen molar-refractivity contribution in [3.63, 3.8) is 0 Å². The number of carbonyl (C=O) groups is 4. The van der Waals surface area contributed by atoms with Gasteiger partial charge in [-0.2, -0.15) is 0 Å². The molecule has 1 saturated carbocycles. The van der Waals surface area contributed by atoms with E-state index in [0.29, 0.717) is 28.3 Å². The summed E-state index contributed by atoms with van der Waals surface area (Å²) in [6.07, 6.45) is 5.72. The van der Waals surface area contributed by atoms with Crippen molar-refractivity contribution < 1.29 is 28.7 Å². The van der Waals surface area contributed by atoms with Crippen molar-refractivity contribution in [2.45, 2.75) is 58.2 Å². The van der Waals surface area contributed by atoms with Crippen molar-refractivity contribution in [3.8, 4) is 11.5 Å². The van der Waals surface area contributed by atoms with Crippen molar-refractivity contribution >= 4 is 35.1 Å². The summed E-state index contributed by atoms with van der Waals surface area (Å²) in [4.78, 5) is 58.1. The van der Waals surface area contributed by atoms with Crippen LogP contribution in [-0.2, 0) is 11.3 Å². The maximum absolute atomic E-state index is 13.7. The van der Waals surface area contributed by atoms with Crippen LogP contribution < -0.4 is 19.7 Å². The van der Waals surface area contributed by atoms with E-state index in [1.54, 1.807) is 18.1 Å². The number of imide groups is 1. The summed E-state index contributed by atoms with van der Waals surface area (Å²) in [6.45, 7) is 3.30. The fraction of sp³-hybridized carbons (Fsp3) is 0.323. The molecule has 4 amide bonds. The predicted octanol–water partition coefficient (Wildman–Crippen LogP) is 4.89. The van der Waals surface area contributed by atoms with Crippen LogP contribution in [-0.4, -0.2) is 46.7 Å². The van der Waals surface area contributed by atoms with Crippen LogP contribution in [0.5, 0.6) is 11.5 Å². The maximum atomic E-state index is 13.7. The summed E-state index contributed by atoms with van der Waals surface area (Å²) in [6, 6.07) is 12.2. The number of carbonyl (C=O) groups excluding carboxylic acids is 4. The third-order valence-electron chi connectivity index (χ3n) is 7.93. The number of aromatic nitrogens is 1. The first-order chi connectivity index (χ1) is 19.7. The van der Waals surface area contributed by atoms with E-state index in [2.05, 4.69) is 10.3 Å². The molecule has 1 aliphatic carbocycles. The van der Waals surface area contributed by atoms with Crippen LogP contribution in [0.4, 0.5) is 11.5 Å². The van der Waals surface area contributed by atoms with E-state index < -0.39 is 11.8 Å². The number of benzene rings is 2. The number of anilines is 2. The maximum Gasteiger partial charge on any atom is 0.263 e. The predicted molar refractivity (Wildman–Crippen MR) is 150 cm³/mol. The summed E-state index contributed by atoms with van der Waals surface area (Å²) >= 11 is 0. The number of methoxy groups -OCH3 is 1. The summed E-state index contributed by atoms with van der Waals surface area (Å²) in [5.74, 6) is -0.0000295. The zero-order valence-electron chi connectivity index (χ0n) is 23.1. The average molecular weight is 555 g/mol. The lowest BCUT2D eigenvalue weighted by Crippen LogP contribution is -2.29. The summed E-state index contributed by atoms with van der Waals surface area (Å²) in [7, 11) is 1.60. The average Bonchev–Trinajstić information content (AvgIpc) is 3.62. The zero-order chi connectivity index (χ0) is 28.8. The highest BCUT2D eigenvalue weighted by atomic mass is 16.5. The van der Waals surface area contributed by atoms with Gasteiger partial charge in [0.15, 0.2) is 11.5 Å². The molecule has 2 aromatic carbocycles. The molecule has 1 atom stereocenters. The Morgan fingerprint density at radius 2 is 1.71 bits per heavy atom. The van der Waals surface area contributed by atoms with Gasteiger partial charge in [0.2, 0.25) is 5.91 Å². The van der Waals surface area contributed by atoms with Crippen LogP contribution in [0, 0.1) is 0 Å². The van der Waals surface area contributed by atoms with E-state index in [4.69, 9.17) is 9.47 Å². The fourth-order valence-electron chi connectivity index (χ4n) is 5.89. The van der Waals surface area contributed by atoms with E-state index in [0.717, 1.165) is 36.1 Å². The third kappa shape index (κ3) is 4.69. The molecule has 1 N–H and O–H groups in total. The minimum atomic E-state index is -0.478. The molecule has 3 aromatic rings. The number of nitrogens with one attached hydrogen (secondary N) is 1. The Hall–Kier alpha value is -4.73. The monoisotopic (exact) mass is 554 g/mol. The Morgan fingerprint density at radius 1 is 0.951 bits per heavy atom. The molecule has 210 valence electrons. The first-order valence-electron chi connectivity index (χ1n) is 13.7. The van der Waals surface area contributed by atoms with Crippen molar-refractivity contribution in [1.29, 1.82) is 0 Å². The second kappa shape index (κ2) is 10.3. The molecule has 0 spiro atoms. The number of nitrogens with zero attached hydrogens (tertiary/aromatic N) is 3. The quantitative estimate of drug-likeness (QED) is 0.413. The molecular weight excluding hydrogens is 524 g/mol. The Kier molecular flexibility index (Phi) is 6.69. The van der Waals surface area contributed by atoms with Gasteiger partial charge in [0.1, 0.15) is 5.82 Å². The lowest BCUT2D eigenvalue weighted by atomic mass is 10.0. The Labute approximate surface area is 237 Å². The highest BCUT2D eigenvalue weighted by molar-refractivity contribution is 6.21. The summed E-state index contributed by atoms with van der Waals surface area (Å²) in [5, 5.41) is 2.53. The lowest BCUT2D eigenvalue weighted by Gasteiger charge is -2.24. The van der Waals surface area contributed by atoms with Gasteiger partial charge in [-0.1, -0.05) is 12.1 Å². The molecule has 10 heteroatoms. The molecule has 41 heavy (non-hydrogen) atoms. The second-order valence-corrected chi connectivity index (χ2v) is 10.6. The lowest BCUT2D eigenvalue weighted by molar-refractivity contribution is -0.114. The van der Waals surface area contributed by atoms with Crippen molar-refractivity contribution in [2.24, 2.45) is 0 Å². The van der Waals surface area contributed by atoms with E-state index in [1.165, 1.54) is 19.2 Å². The number of fused-ring (bicyclic) bond motifs is 2. The fourth-order valence-corrected chi connectivity index (χ4v) is 5.89. The largest absolute Gasteiger partial charge is 0.493 e. The van der Waals surface area contributed by atoms with E-state index in [1.807, 2.05) is 37.3 Å². The van der Waals surface area contributed by atoms with E-state index in [9.17, 15) is 19.2 Å². The smallest absolute Gasteiger partial charge is 0.263 e. The van der Waals surface area contributed by atoms with Gasteiger partial charge in [0.05, 0.1) is 36.9 Å². The first kappa shape index (κ1) is 26.5. The van der Waals surface area contributed by atoms with Gasteiger partial charge in [-0.25, -0.2) is 4.98 Å². The SMILES string of the molecule is COc1ccc(N2C(=O)c3cc(CN4C(=O)c5cnc(NC(C)=O)cc5C4=O)ccc3C2C)cc1OC1CCCC1. The molecule has 6 rings (SSSR count). The molecule has 1 fully saturated rings. The topological polar surface area (TPSA) is 118 Å². The van der Waals surface area contributed by atoms with Crippen molar-refractivity contribution in [2.75, 3.05) is 17.3 Å². The number of hydrogen-bond acceptors (Lipinski definition) is 7. The Bertz CT molecular complexity index is 1600. The first-order valence-corrected chi connectivity index (χ1v) is 13.7. The number of hydrogen-bond donors (Lipinski definition) is 1. The van der Waals surface area contributed by atoms with Gasteiger partial charge >= 0.3 is 0 Å². The summed E-state index contributed by atoms with van der Waals surface area (Å²) in [5.41, 5.74) is 3.10. The van der Waals surface area contributed by atoms with Crippen LogP contribution in [0.25, 0.3) is 0 Å². The molecule has 0 saturated heterocycles.